The summed E-state index contributed by atoms with van der Waals surface area (Å²) in [5, 5.41) is 0. The van der Waals surface area contributed by atoms with E-state index in [4.69, 9.17) is 4.74 Å². The number of ether oxygens (including phenoxy) is 1. The Bertz CT molecular complexity index is 341. The molecule has 0 bridgehead atoms. The summed E-state index contributed by atoms with van der Waals surface area (Å²) in [6.07, 6.45) is 5.10. The fraction of sp³-hybridized carbons (Fsp3) is 0.357. The van der Waals surface area contributed by atoms with E-state index in [0.29, 0.717) is 12.5 Å². The highest BCUT2D eigenvalue weighted by atomic mass is 16.5. The van der Waals surface area contributed by atoms with Crippen molar-refractivity contribution in [2.45, 2.75) is 20.3 Å². The Kier molecular flexibility index (Phi) is 5.34. The molecule has 0 fully saturated rings. The molecular weight excluding hydrogens is 200 g/mol. The van der Waals surface area contributed by atoms with Gasteiger partial charge in [-0.05, 0) is 17.9 Å². The van der Waals surface area contributed by atoms with E-state index < -0.39 is 0 Å². The SMILES string of the molecule is CC(=O)OCCC(C)C=Cc1ccccc1. The predicted octanol–water partition coefficient (Wildman–Crippen LogP) is 3.29. The predicted molar refractivity (Wildman–Crippen MR) is 65.9 cm³/mol. The van der Waals surface area contributed by atoms with Gasteiger partial charge in [0.05, 0.1) is 6.61 Å². The van der Waals surface area contributed by atoms with Crippen LogP contribution in [0.3, 0.4) is 0 Å². The van der Waals surface area contributed by atoms with Gasteiger partial charge in [-0.15, -0.1) is 0 Å². The van der Waals surface area contributed by atoms with E-state index in [1.165, 1.54) is 12.5 Å². The maximum absolute atomic E-state index is 10.6. The Morgan fingerprint density at radius 1 is 1.38 bits per heavy atom. The molecule has 86 valence electrons. The van der Waals surface area contributed by atoms with E-state index in [-0.39, 0.29) is 5.97 Å². The number of esters is 1. The van der Waals surface area contributed by atoms with Crippen molar-refractivity contribution in [1.29, 1.82) is 0 Å². The summed E-state index contributed by atoms with van der Waals surface area (Å²) >= 11 is 0. The molecule has 1 aromatic rings. The van der Waals surface area contributed by atoms with E-state index in [2.05, 4.69) is 31.2 Å². The van der Waals surface area contributed by atoms with Gasteiger partial charge in [-0.2, -0.15) is 0 Å². The average Bonchev–Trinajstić information content (AvgIpc) is 2.27. The normalized spacial score (nSPS) is 12.6. The molecule has 0 aliphatic heterocycles. The number of allylic oxidation sites excluding steroid dienone is 1. The first-order chi connectivity index (χ1) is 7.68. The lowest BCUT2D eigenvalue weighted by molar-refractivity contribution is -0.141. The Morgan fingerprint density at radius 3 is 2.69 bits per heavy atom. The average molecular weight is 218 g/mol. The lowest BCUT2D eigenvalue weighted by Crippen LogP contribution is -2.03. The van der Waals surface area contributed by atoms with Gasteiger partial charge in [0.25, 0.3) is 0 Å². The molecular formula is C14H18O2. The van der Waals surface area contributed by atoms with Gasteiger partial charge in [-0.25, -0.2) is 0 Å². The number of carbonyl (C=O) groups excluding carboxylic acids is 1. The molecule has 16 heavy (non-hydrogen) atoms. The fourth-order valence-corrected chi connectivity index (χ4v) is 1.32. The molecule has 0 radical (unpaired) electrons. The van der Waals surface area contributed by atoms with Gasteiger partial charge in [0.1, 0.15) is 0 Å². The van der Waals surface area contributed by atoms with Gasteiger partial charge in [-0.1, -0.05) is 49.4 Å². The number of benzene rings is 1. The smallest absolute Gasteiger partial charge is 0.302 e. The largest absolute Gasteiger partial charge is 0.466 e. The van der Waals surface area contributed by atoms with Crippen LogP contribution in [0.5, 0.6) is 0 Å². The van der Waals surface area contributed by atoms with Crippen LogP contribution in [0.2, 0.25) is 0 Å². The second kappa shape index (κ2) is 6.83. The Hall–Kier alpha value is -1.57. The monoisotopic (exact) mass is 218 g/mol. The van der Waals surface area contributed by atoms with Crippen LogP contribution in [0, 0.1) is 5.92 Å². The molecule has 0 N–H and O–H groups in total. The Balaban J connectivity index is 2.31. The summed E-state index contributed by atoms with van der Waals surface area (Å²) < 4.78 is 4.89. The minimum Gasteiger partial charge on any atom is -0.466 e. The van der Waals surface area contributed by atoms with Gasteiger partial charge < -0.3 is 4.74 Å². The molecule has 0 aliphatic rings. The van der Waals surface area contributed by atoms with Gasteiger partial charge in [-0.3, -0.25) is 4.79 Å². The molecule has 2 nitrogen and oxygen atoms in total. The van der Waals surface area contributed by atoms with Crippen molar-refractivity contribution >= 4 is 12.0 Å². The molecule has 1 atom stereocenters. The molecule has 2 heteroatoms. The first-order valence-corrected chi connectivity index (χ1v) is 5.55. The lowest BCUT2D eigenvalue weighted by Gasteiger charge is -2.05. The van der Waals surface area contributed by atoms with Crippen molar-refractivity contribution < 1.29 is 9.53 Å². The third-order valence-electron chi connectivity index (χ3n) is 2.30. The van der Waals surface area contributed by atoms with Crippen molar-refractivity contribution in [2.75, 3.05) is 6.61 Å². The molecule has 1 rings (SSSR count). The number of hydrogen-bond acceptors (Lipinski definition) is 2. The molecule has 1 aromatic carbocycles. The third-order valence-corrected chi connectivity index (χ3v) is 2.30. The fourth-order valence-electron chi connectivity index (χ4n) is 1.32. The van der Waals surface area contributed by atoms with Crippen molar-refractivity contribution in [2.24, 2.45) is 5.92 Å². The lowest BCUT2D eigenvalue weighted by atomic mass is 10.1. The Morgan fingerprint density at radius 2 is 2.06 bits per heavy atom. The summed E-state index contributed by atoms with van der Waals surface area (Å²) in [6, 6.07) is 10.2. The maximum atomic E-state index is 10.6. The van der Waals surface area contributed by atoms with E-state index in [0.717, 1.165) is 6.42 Å². The topological polar surface area (TPSA) is 26.3 Å². The van der Waals surface area contributed by atoms with Crippen molar-refractivity contribution in [3.05, 3.63) is 42.0 Å². The van der Waals surface area contributed by atoms with Crippen LogP contribution in [-0.2, 0) is 9.53 Å². The first-order valence-electron chi connectivity index (χ1n) is 5.55. The van der Waals surface area contributed by atoms with E-state index in [1.807, 2.05) is 18.2 Å². The molecule has 0 amide bonds. The van der Waals surface area contributed by atoms with Crippen LogP contribution in [-0.4, -0.2) is 12.6 Å². The van der Waals surface area contributed by atoms with E-state index in [9.17, 15) is 4.79 Å². The van der Waals surface area contributed by atoms with Crippen LogP contribution in [0.4, 0.5) is 0 Å². The Labute approximate surface area is 96.9 Å². The second-order valence-corrected chi connectivity index (χ2v) is 3.88. The quantitative estimate of drug-likeness (QED) is 0.709. The van der Waals surface area contributed by atoms with Gasteiger partial charge in [0, 0.05) is 6.92 Å². The highest BCUT2D eigenvalue weighted by Gasteiger charge is 1.98. The molecule has 0 heterocycles. The number of rotatable bonds is 5. The summed E-state index contributed by atoms with van der Waals surface area (Å²) in [6.45, 7) is 4.04. The van der Waals surface area contributed by atoms with Gasteiger partial charge >= 0.3 is 5.97 Å². The molecule has 1 unspecified atom stereocenters. The molecule has 0 spiro atoms. The zero-order chi connectivity index (χ0) is 11.8. The van der Waals surface area contributed by atoms with E-state index >= 15 is 0 Å². The molecule has 0 aliphatic carbocycles. The first kappa shape index (κ1) is 12.5. The van der Waals surface area contributed by atoms with Crippen molar-refractivity contribution in [3.63, 3.8) is 0 Å². The third kappa shape index (κ3) is 5.35. The van der Waals surface area contributed by atoms with Crippen LogP contribution in [0.25, 0.3) is 6.08 Å². The number of carbonyl (C=O) groups is 1. The number of hydrogen-bond donors (Lipinski definition) is 0. The molecule has 0 saturated carbocycles. The van der Waals surface area contributed by atoms with Crippen molar-refractivity contribution in [1.82, 2.24) is 0 Å². The molecule has 0 aromatic heterocycles. The van der Waals surface area contributed by atoms with Crippen LogP contribution in [0.15, 0.2) is 36.4 Å². The van der Waals surface area contributed by atoms with Crippen LogP contribution in [0.1, 0.15) is 25.8 Å². The standard InChI is InChI=1S/C14H18O2/c1-12(10-11-16-13(2)15)8-9-14-6-4-3-5-7-14/h3-9,12H,10-11H2,1-2H3. The summed E-state index contributed by atoms with van der Waals surface area (Å²) in [5.41, 5.74) is 1.20. The van der Waals surface area contributed by atoms with Crippen molar-refractivity contribution in [3.8, 4) is 0 Å². The van der Waals surface area contributed by atoms with Gasteiger partial charge in [0.15, 0.2) is 0 Å². The van der Waals surface area contributed by atoms with Gasteiger partial charge in [0.2, 0.25) is 0 Å². The summed E-state index contributed by atoms with van der Waals surface area (Å²) in [4.78, 5) is 10.6. The maximum Gasteiger partial charge on any atom is 0.302 e. The zero-order valence-electron chi connectivity index (χ0n) is 9.85. The van der Waals surface area contributed by atoms with Crippen LogP contribution < -0.4 is 0 Å². The highest BCUT2D eigenvalue weighted by molar-refractivity contribution is 5.65. The van der Waals surface area contributed by atoms with Crippen LogP contribution >= 0.6 is 0 Å². The minimum absolute atomic E-state index is 0.209. The summed E-state index contributed by atoms with van der Waals surface area (Å²) in [5.74, 6) is 0.207. The molecule has 0 saturated heterocycles. The second-order valence-electron chi connectivity index (χ2n) is 3.88. The zero-order valence-corrected chi connectivity index (χ0v) is 9.85. The highest BCUT2D eigenvalue weighted by Crippen LogP contribution is 2.08. The minimum atomic E-state index is -0.209. The summed E-state index contributed by atoms with van der Waals surface area (Å²) in [7, 11) is 0. The van der Waals surface area contributed by atoms with E-state index in [1.54, 1.807) is 0 Å².